The largest absolute Gasteiger partial charge is 0.463 e. The van der Waals surface area contributed by atoms with Gasteiger partial charge in [-0.2, -0.15) is 0 Å². The van der Waals surface area contributed by atoms with Gasteiger partial charge in [0, 0.05) is 0 Å². The maximum absolute atomic E-state index is 13.0. The second-order valence-corrected chi connectivity index (χ2v) is 31.6. The molecule has 0 atom stereocenters. The number of carbonyl (C=O) groups is 6. The number of nitrogens with one attached hydrogen (secondary N) is 3. The van der Waals surface area contributed by atoms with Crippen LogP contribution in [0.1, 0.15) is 48.5 Å². The van der Waals surface area contributed by atoms with Crippen LogP contribution in [0.4, 0.5) is 0 Å². The summed E-state index contributed by atoms with van der Waals surface area (Å²) >= 11 is 27.6. The first-order valence-corrected chi connectivity index (χ1v) is 19.1. The van der Waals surface area contributed by atoms with E-state index in [0.717, 1.165) is 0 Å². The standard InChI is InChI=1S/C23H30Br9N3O9/c1-17(2,33-11(36)21(24,25)26)14(39)42-8-20(7,9-43-15(40)18(3,4)34-12(37)22(27,28)29)10-44-16(41)19(5,6)35-13(38)23(30,31)32/h8-10H2,1-7H3,(H,33,36)(H,34,37)(H,35,38). The van der Waals surface area contributed by atoms with E-state index in [2.05, 4.69) is 159 Å². The molecule has 0 saturated carbocycles. The molecule has 3 N–H and O–H groups in total. The maximum atomic E-state index is 13.0. The minimum absolute atomic E-state index is 0.437. The van der Waals surface area contributed by atoms with Crippen molar-refractivity contribution in [2.24, 2.45) is 5.41 Å². The summed E-state index contributed by atoms with van der Waals surface area (Å²) in [5.41, 5.74) is -5.86. The monoisotopic (exact) mass is 1200 g/mol. The van der Waals surface area contributed by atoms with Crippen LogP contribution in [0.15, 0.2) is 0 Å². The topological polar surface area (TPSA) is 166 Å². The lowest BCUT2D eigenvalue weighted by molar-refractivity contribution is -0.169. The van der Waals surface area contributed by atoms with Crippen molar-refractivity contribution < 1.29 is 43.0 Å². The summed E-state index contributed by atoms with van der Waals surface area (Å²) in [5, 5.41) is 7.51. The molecule has 0 bridgehead atoms. The highest BCUT2D eigenvalue weighted by atomic mass is 80.0. The normalized spacial score (nSPS) is 13.4. The van der Waals surface area contributed by atoms with E-state index < -0.39 is 83.9 Å². The van der Waals surface area contributed by atoms with Crippen LogP contribution < -0.4 is 16.0 Å². The van der Waals surface area contributed by atoms with E-state index >= 15 is 0 Å². The molecule has 0 fully saturated rings. The van der Waals surface area contributed by atoms with Crippen LogP contribution in [0.5, 0.6) is 0 Å². The summed E-state index contributed by atoms with van der Waals surface area (Å²) in [6.45, 7) is 8.68. The van der Waals surface area contributed by atoms with E-state index in [9.17, 15) is 28.8 Å². The zero-order valence-electron chi connectivity index (χ0n) is 24.2. The third kappa shape index (κ3) is 15.6. The van der Waals surface area contributed by atoms with Crippen LogP contribution in [0.3, 0.4) is 0 Å². The van der Waals surface area contributed by atoms with Gasteiger partial charge in [0.05, 0.1) is 5.41 Å². The summed E-state index contributed by atoms with van der Waals surface area (Å²) in [4.78, 5) is 76.0. The number of rotatable bonds is 12. The number of hydrogen-bond donors (Lipinski definition) is 3. The van der Waals surface area contributed by atoms with Gasteiger partial charge >= 0.3 is 17.9 Å². The fourth-order valence-electron chi connectivity index (χ4n) is 2.60. The van der Waals surface area contributed by atoms with Crippen molar-refractivity contribution in [2.45, 2.75) is 71.5 Å². The SMILES string of the molecule is CC(COC(=O)C(C)(C)NC(=O)C(Br)(Br)Br)(COC(=O)C(C)(C)NC(=O)C(Br)(Br)Br)COC(=O)C(C)(C)NC(=O)C(Br)(Br)Br. The van der Waals surface area contributed by atoms with E-state index in [-0.39, 0.29) is 0 Å². The summed E-state index contributed by atoms with van der Waals surface area (Å²) in [7, 11) is 0. The molecule has 21 heteroatoms. The zero-order valence-corrected chi connectivity index (χ0v) is 38.5. The minimum atomic E-state index is -1.51. The Morgan fingerprint density at radius 1 is 0.432 bits per heavy atom. The fourth-order valence-corrected chi connectivity index (χ4v) is 3.49. The van der Waals surface area contributed by atoms with E-state index in [4.69, 9.17) is 14.2 Å². The Hall–Kier alpha value is 1.14. The van der Waals surface area contributed by atoms with Gasteiger partial charge in [-0.25, -0.2) is 14.4 Å². The quantitative estimate of drug-likeness (QED) is 0.124. The first kappa shape index (κ1) is 45.1. The van der Waals surface area contributed by atoms with Gasteiger partial charge in [0.25, 0.3) is 17.7 Å². The molecule has 0 unspecified atom stereocenters. The van der Waals surface area contributed by atoms with Crippen molar-refractivity contribution in [3.63, 3.8) is 0 Å². The molecule has 0 aromatic heterocycles. The molecule has 3 amide bonds. The number of ether oxygens (including phenoxy) is 3. The van der Waals surface area contributed by atoms with Crippen LogP contribution in [0, 0.1) is 5.41 Å². The number of halogens is 9. The number of amides is 3. The van der Waals surface area contributed by atoms with Gasteiger partial charge in [0.15, 0.2) is 0 Å². The molecular weight excluding hydrogens is 1180 g/mol. The third-order valence-electron chi connectivity index (χ3n) is 5.24. The average molecular weight is 1210 g/mol. The first-order valence-electron chi connectivity index (χ1n) is 12.0. The number of hydrogen-bond acceptors (Lipinski definition) is 9. The van der Waals surface area contributed by atoms with Crippen molar-refractivity contribution in [2.75, 3.05) is 19.8 Å². The van der Waals surface area contributed by atoms with Gasteiger partial charge in [-0.1, -0.05) is 0 Å². The molecule has 0 aromatic carbocycles. The lowest BCUT2D eigenvalue weighted by Crippen LogP contribution is -2.55. The Kier molecular flexibility index (Phi) is 17.1. The van der Waals surface area contributed by atoms with Gasteiger partial charge in [0.2, 0.25) is 6.43 Å². The maximum Gasteiger partial charge on any atom is 0.331 e. The van der Waals surface area contributed by atoms with Crippen LogP contribution in [-0.4, -0.2) is 78.5 Å². The van der Waals surface area contributed by atoms with Crippen LogP contribution >= 0.6 is 143 Å². The van der Waals surface area contributed by atoms with E-state index in [1.54, 1.807) is 0 Å². The molecule has 0 aliphatic carbocycles. The molecular formula is C23H30Br9N3O9. The molecule has 0 aliphatic rings. The van der Waals surface area contributed by atoms with Gasteiger partial charge in [-0.3, -0.25) is 14.4 Å². The smallest absolute Gasteiger partial charge is 0.331 e. The molecule has 44 heavy (non-hydrogen) atoms. The first-order chi connectivity index (χ1) is 19.3. The van der Waals surface area contributed by atoms with E-state index in [1.807, 2.05) is 0 Å². The van der Waals surface area contributed by atoms with Crippen LogP contribution in [0.25, 0.3) is 0 Å². The second-order valence-electron chi connectivity index (χ2n) is 11.3. The Bertz CT molecular complexity index is 993. The fraction of sp³-hybridized carbons (Fsp3) is 0.739. The van der Waals surface area contributed by atoms with Crippen molar-refractivity contribution in [1.29, 1.82) is 0 Å². The lowest BCUT2D eigenvalue weighted by Gasteiger charge is -2.34. The Balaban J connectivity index is 5.94. The third-order valence-corrected chi connectivity index (χ3v) is 8.48. The van der Waals surface area contributed by atoms with Gasteiger partial charge in [-0.05, 0) is 192 Å². The van der Waals surface area contributed by atoms with Crippen molar-refractivity contribution in [3.05, 3.63) is 0 Å². The van der Waals surface area contributed by atoms with E-state index in [1.165, 1.54) is 48.5 Å². The van der Waals surface area contributed by atoms with Crippen molar-refractivity contribution in [3.8, 4) is 0 Å². The molecule has 0 heterocycles. The highest BCUT2D eigenvalue weighted by Crippen LogP contribution is 2.36. The highest BCUT2D eigenvalue weighted by molar-refractivity contribution is 9.40. The van der Waals surface area contributed by atoms with Crippen molar-refractivity contribution >= 4 is 179 Å². The van der Waals surface area contributed by atoms with Gasteiger partial charge in [0.1, 0.15) is 36.4 Å². The Morgan fingerprint density at radius 2 is 0.614 bits per heavy atom. The lowest BCUT2D eigenvalue weighted by atomic mass is 9.93. The summed E-state index contributed by atoms with van der Waals surface area (Å²) in [5.74, 6) is -4.43. The summed E-state index contributed by atoms with van der Waals surface area (Å²) in [6.07, 6.45) is 0. The molecule has 254 valence electrons. The number of esters is 3. The van der Waals surface area contributed by atoms with Crippen LogP contribution in [-0.2, 0) is 43.0 Å². The van der Waals surface area contributed by atoms with Crippen LogP contribution in [0.2, 0.25) is 0 Å². The zero-order chi connectivity index (χ0) is 35.3. The predicted octanol–water partition coefficient (Wildman–Crippen LogP) is 5.82. The minimum Gasteiger partial charge on any atom is -0.463 e. The highest BCUT2D eigenvalue weighted by Gasteiger charge is 2.43. The second kappa shape index (κ2) is 16.7. The number of alkyl halides is 9. The van der Waals surface area contributed by atoms with Crippen molar-refractivity contribution in [1.82, 2.24) is 16.0 Å². The molecule has 0 rings (SSSR count). The summed E-state index contributed by atoms with van der Waals surface area (Å²) < 4.78 is 12.4. The molecule has 0 aromatic rings. The molecule has 12 nitrogen and oxygen atoms in total. The Labute approximate surface area is 331 Å². The average Bonchev–Trinajstić information content (AvgIpc) is 2.81. The predicted molar refractivity (Wildman–Crippen MR) is 196 cm³/mol. The van der Waals surface area contributed by atoms with Gasteiger partial charge in [-0.15, -0.1) is 0 Å². The summed E-state index contributed by atoms with van der Waals surface area (Å²) in [6, 6.07) is 0. The molecule has 0 saturated heterocycles. The molecule has 0 spiro atoms. The Morgan fingerprint density at radius 3 is 0.773 bits per heavy atom. The number of carbonyl (C=O) groups excluding carboxylic acids is 6. The van der Waals surface area contributed by atoms with Gasteiger partial charge < -0.3 is 30.2 Å². The van der Waals surface area contributed by atoms with E-state index in [0.29, 0.717) is 0 Å². The molecule has 0 aliphatic heterocycles. The molecule has 0 radical (unpaired) electrons.